The van der Waals surface area contributed by atoms with Crippen molar-refractivity contribution in [3.05, 3.63) is 108 Å². The molecule has 2 saturated heterocycles. The van der Waals surface area contributed by atoms with Crippen LogP contribution in [0.15, 0.2) is 91.0 Å². The number of nitrogens with one attached hydrogen (secondary N) is 1. The monoisotopic (exact) mass is 470 g/mol. The molecule has 3 aromatic rings. The summed E-state index contributed by atoms with van der Waals surface area (Å²) in [6.07, 6.45) is 1.26. The van der Waals surface area contributed by atoms with E-state index < -0.39 is 17.7 Å². The van der Waals surface area contributed by atoms with E-state index in [0.29, 0.717) is 39.1 Å². The van der Waals surface area contributed by atoms with Crippen LogP contribution in [0, 0.1) is 0 Å². The predicted molar refractivity (Wildman–Crippen MR) is 133 cm³/mol. The third kappa shape index (κ3) is 5.14. The molecule has 1 spiro atoms. The van der Waals surface area contributed by atoms with Crippen LogP contribution in [-0.2, 0) is 19.1 Å². The van der Waals surface area contributed by atoms with E-state index in [1.165, 1.54) is 0 Å². The first-order chi connectivity index (χ1) is 17.2. The lowest BCUT2D eigenvalue weighted by Crippen LogP contribution is -2.51. The lowest BCUT2D eigenvalue weighted by Gasteiger charge is -2.39. The van der Waals surface area contributed by atoms with Gasteiger partial charge in [0.2, 0.25) is 11.8 Å². The van der Waals surface area contributed by atoms with Crippen LogP contribution in [0.2, 0.25) is 0 Å². The fourth-order valence-electron chi connectivity index (χ4n) is 4.98. The van der Waals surface area contributed by atoms with Gasteiger partial charge >= 0.3 is 0 Å². The number of likely N-dealkylation sites (tertiary alicyclic amines) is 1. The minimum atomic E-state index is -0.780. The summed E-state index contributed by atoms with van der Waals surface area (Å²) in [4.78, 5) is 29.4. The Hall–Kier alpha value is -3.48. The van der Waals surface area contributed by atoms with Gasteiger partial charge in [-0.15, -0.1) is 0 Å². The number of piperidine rings is 1. The molecule has 0 bridgehead atoms. The number of nitrogens with zero attached hydrogens (tertiary/aromatic N) is 1. The van der Waals surface area contributed by atoms with Gasteiger partial charge in [0.15, 0.2) is 5.79 Å². The smallest absolute Gasteiger partial charge is 0.249 e. The number of carbonyl (C=O) groups excluding carboxylic acids is 2. The second kappa shape index (κ2) is 10.4. The van der Waals surface area contributed by atoms with Crippen molar-refractivity contribution in [1.82, 2.24) is 10.2 Å². The summed E-state index contributed by atoms with van der Waals surface area (Å²) in [6.45, 7) is 2.24. The number of ether oxygens (including phenoxy) is 2. The topological polar surface area (TPSA) is 67.9 Å². The molecule has 5 rings (SSSR count). The molecule has 180 valence electrons. The minimum Gasteiger partial charge on any atom is -0.347 e. The highest BCUT2D eigenvalue weighted by molar-refractivity contribution is 5.93. The van der Waals surface area contributed by atoms with Gasteiger partial charge < -0.3 is 19.7 Å². The highest BCUT2D eigenvalue weighted by Crippen LogP contribution is 2.33. The average Bonchev–Trinajstić information content (AvgIpc) is 3.37. The Labute approximate surface area is 205 Å². The molecule has 0 radical (unpaired) electrons. The predicted octanol–water partition coefficient (Wildman–Crippen LogP) is 4.04. The minimum absolute atomic E-state index is 0.114. The van der Waals surface area contributed by atoms with Crippen LogP contribution in [0.5, 0.6) is 0 Å². The van der Waals surface area contributed by atoms with E-state index in [-0.39, 0.29) is 11.8 Å². The molecule has 2 heterocycles. The standard InChI is InChI=1S/C29H30N2O4/c32-27(25(22-10-4-1-5-11-22)23-12-6-2-7-13-23)30-26(24-14-8-3-9-15-24)28(33)31-18-16-29(17-19-31)34-20-21-35-29/h1-15,25-26H,16-21H2,(H,30,32). The van der Waals surface area contributed by atoms with E-state index in [0.717, 1.165) is 16.7 Å². The maximum absolute atomic E-state index is 13.8. The number of hydrogen-bond donors (Lipinski definition) is 1. The molecule has 0 aromatic heterocycles. The van der Waals surface area contributed by atoms with Gasteiger partial charge in [0.05, 0.1) is 19.1 Å². The molecule has 2 fully saturated rings. The first kappa shape index (κ1) is 23.3. The third-order valence-corrected chi connectivity index (χ3v) is 6.84. The van der Waals surface area contributed by atoms with Gasteiger partial charge in [-0.2, -0.15) is 0 Å². The Bertz CT molecular complexity index is 1080. The van der Waals surface area contributed by atoms with E-state index in [9.17, 15) is 9.59 Å². The zero-order chi connectivity index (χ0) is 24.1. The number of carbonyl (C=O) groups is 2. The summed E-state index contributed by atoms with van der Waals surface area (Å²) in [6, 6.07) is 28.0. The summed E-state index contributed by atoms with van der Waals surface area (Å²) in [5.74, 6) is -1.41. The molecule has 2 aliphatic rings. The van der Waals surface area contributed by atoms with Crippen LogP contribution < -0.4 is 5.32 Å². The molecule has 1 unspecified atom stereocenters. The highest BCUT2D eigenvalue weighted by atomic mass is 16.7. The number of hydrogen-bond acceptors (Lipinski definition) is 4. The van der Waals surface area contributed by atoms with E-state index >= 15 is 0 Å². The van der Waals surface area contributed by atoms with Gasteiger partial charge in [0.25, 0.3) is 0 Å². The van der Waals surface area contributed by atoms with Crippen molar-refractivity contribution in [2.75, 3.05) is 26.3 Å². The van der Waals surface area contributed by atoms with Gasteiger partial charge in [-0.05, 0) is 16.7 Å². The van der Waals surface area contributed by atoms with Gasteiger partial charge in [0.1, 0.15) is 6.04 Å². The number of amides is 2. The maximum atomic E-state index is 13.8. The summed E-state index contributed by atoms with van der Waals surface area (Å²) < 4.78 is 11.6. The molecule has 6 nitrogen and oxygen atoms in total. The molecule has 1 N–H and O–H groups in total. The molecule has 6 heteroatoms. The van der Waals surface area contributed by atoms with Crippen LogP contribution >= 0.6 is 0 Å². The van der Waals surface area contributed by atoms with Crippen molar-refractivity contribution in [2.45, 2.75) is 30.6 Å². The Kier molecular flexibility index (Phi) is 6.93. The summed E-state index contributed by atoms with van der Waals surface area (Å²) in [5.41, 5.74) is 2.52. The molecular formula is C29H30N2O4. The van der Waals surface area contributed by atoms with Crippen LogP contribution in [0.25, 0.3) is 0 Å². The molecule has 2 amide bonds. The van der Waals surface area contributed by atoms with Gasteiger partial charge in [-0.1, -0.05) is 91.0 Å². The van der Waals surface area contributed by atoms with Crippen molar-refractivity contribution in [2.24, 2.45) is 0 Å². The molecule has 2 aliphatic heterocycles. The quantitative estimate of drug-likeness (QED) is 0.591. The van der Waals surface area contributed by atoms with Crippen molar-refractivity contribution in [3.8, 4) is 0 Å². The summed E-state index contributed by atoms with van der Waals surface area (Å²) in [5, 5.41) is 3.10. The van der Waals surface area contributed by atoms with Crippen molar-refractivity contribution < 1.29 is 19.1 Å². The zero-order valence-corrected chi connectivity index (χ0v) is 19.6. The Morgan fingerprint density at radius 1 is 0.714 bits per heavy atom. The molecule has 3 aromatic carbocycles. The molecule has 0 saturated carbocycles. The van der Waals surface area contributed by atoms with Gasteiger partial charge in [-0.3, -0.25) is 9.59 Å². The Morgan fingerprint density at radius 3 is 1.66 bits per heavy atom. The molecule has 1 atom stereocenters. The number of rotatable bonds is 6. The molecule has 35 heavy (non-hydrogen) atoms. The van der Waals surface area contributed by atoms with Crippen LogP contribution in [0.1, 0.15) is 41.5 Å². The van der Waals surface area contributed by atoms with Crippen molar-refractivity contribution >= 4 is 11.8 Å². The van der Waals surface area contributed by atoms with E-state index in [2.05, 4.69) is 5.32 Å². The third-order valence-electron chi connectivity index (χ3n) is 6.84. The average molecular weight is 471 g/mol. The SMILES string of the molecule is O=C(NC(C(=O)N1CCC2(CC1)OCCO2)c1ccccc1)C(c1ccccc1)c1ccccc1. The van der Waals surface area contributed by atoms with E-state index in [4.69, 9.17) is 9.47 Å². The van der Waals surface area contributed by atoms with E-state index in [1.807, 2.05) is 95.9 Å². The second-order valence-corrected chi connectivity index (χ2v) is 9.04. The van der Waals surface area contributed by atoms with Crippen molar-refractivity contribution in [3.63, 3.8) is 0 Å². The largest absolute Gasteiger partial charge is 0.347 e. The fraction of sp³-hybridized carbons (Fsp3) is 0.310. The summed E-state index contributed by atoms with van der Waals surface area (Å²) in [7, 11) is 0. The maximum Gasteiger partial charge on any atom is 0.249 e. The first-order valence-corrected chi connectivity index (χ1v) is 12.2. The normalized spacial score (nSPS) is 17.9. The molecular weight excluding hydrogens is 440 g/mol. The van der Waals surface area contributed by atoms with Crippen molar-refractivity contribution in [1.29, 1.82) is 0 Å². The zero-order valence-electron chi connectivity index (χ0n) is 19.6. The van der Waals surface area contributed by atoms with E-state index in [1.54, 1.807) is 0 Å². The van der Waals surface area contributed by atoms with Gasteiger partial charge in [0, 0.05) is 25.9 Å². The number of benzene rings is 3. The van der Waals surface area contributed by atoms with Crippen LogP contribution in [-0.4, -0.2) is 48.8 Å². The summed E-state index contributed by atoms with van der Waals surface area (Å²) >= 11 is 0. The Balaban J connectivity index is 1.40. The second-order valence-electron chi connectivity index (χ2n) is 9.04. The fourth-order valence-corrected chi connectivity index (χ4v) is 4.98. The lowest BCUT2D eigenvalue weighted by molar-refractivity contribution is -0.188. The highest BCUT2D eigenvalue weighted by Gasteiger charge is 2.42. The van der Waals surface area contributed by atoms with Crippen LogP contribution in [0.4, 0.5) is 0 Å². The Morgan fingerprint density at radius 2 is 1.17 bits per heavy atom. The first-order valence-electron chi connectivity index (χ1n) is 12.2. The van der Waals surface area contributed by atoms with Crippen LogP contribution in [0.3, 0.4) is 0 Å². The van der Waals surface area contributed by atoms with Gasteiger partial charge in [-0.25, -0.2) is 0 Å². The molecule has 0 aliphatic carbocycles. The lowest BCUT2D eigenvalue weighted by atomic mass is 9.90.